The van der Waals surface area contributed by atoms with E-state index in [-0.39, 0.29) is 24.8 Å². The number of guanidine groups is 1. The van der Waals surface area contributed by atoms with E-state index in [0.717, 1.165) is 30.8 Å². The van der Waals surface area contributed by atoms with Crippen molar-refractivity contribution in [3.8, 4) is 0 Å². The van der Waals surface area contributed by atoms with Gasteiger partial charge in [0.1, 0.15) is 0 Å². The Kier molecular flexibility index (Phi) is 9.69. The zero-order valence-electron chi connectivity index (χ0n) is 17.5. The summed E-state index contributed by atoms with van der Waals surface area (Å²) in [6.07, 6.45) is 17.0. The standard InChI is InChI=1S/C22H40N4.2ClH/c23-21(24-7-1-2-9-26-10-3-4-11-26)25-8-5-6-22-15-18-12-19(16-22)14-20(13-18)17-22;;/h18-20H,1-17H2,(H3,23,24,25);2*1H. The van der Waals surface area contributed by atoms with E-state index < -0.39 is 0 Å². The van der Waals surface area contributed by atoms with Crippen LogP contribution in [0.4, 0.5) is 0 Å². The molecule has 6 heteroatoms. The minimum Gasteiger partial charge on any atom is -0.357 e. The molecular weight excluding hydrogens is 391 g/mol. The van der Waals surface area contributed by atoms with Crippen molar-refractivity contribution < 1.29 is 0 Å². The minimum absolute atomic E-state index is 0. The highest BCUT2D eigenvalue weighted by molar-refractivity contribution is 5.85. The number of hydrogen-bond donors (Lipinski definition) is 3. The molecule has 164 valence electrons. The molecule has 1 heterocycles. The van der Waals surface area contributed by atoms with Crippen molar-refractivity contribution in [1.82, 2.24) is 15.5 Å². The fourth-order valence-corrected chi connectivity index (χ4v) is 7.02. The van der Waals surface area contributed by atoms with Crippen LogP contribution >= 0.6 is 24.8 Å². The largest absolute Gasteiger partial charge is 0.357 e. The SMILES string of the molecule is Cl.Cl.N=C(NCCCCN1CCCC1)NCCCC12CC3CC(CC(C3)C1)C2. The summed E-state index contributed by atoms with van der Waals surface area (Å²) in [5.74, 6) is 3.73. The van der Waals surface area contributed by atoms with Crippen LogP contribution in [0.3, 0.4) is 0 Å². The number of unbranched alkanes of at least 4 members (excludes halogenated alkanes) is 1. The molecule has 28 heavy (non-hydrogen) atoms. The number of likely N-dealkylation sites (tertiary alicyclic amines) is 1. The third-order valence-corrected chi connectivity index (χ3v) is 7.75. The van der Waals surface area contributed by atoms with Crippen LogP contribution in [0, 0.1) is 28.6 Å². The molecule has 5 rings (SSSR count). The summed E-state index contributed by atoms with van der Waals surface area (Å²) in [4.78, 5) is 2.58. The lowest BCUT2D eigenvalue weighted by atomic mass is 9.48. The third-order valence-electron chi connectivity index (χ3n) is 7.75. The van der Waals surface area contributed by atoms with E-state index in [1.807, 2.05) is 0 Å². The Morgan fingerprint density at radius 3 is 1.93 bits per heavy atom. The maximum Gasteiger partial charge on any atom is 0.188 e. The first-order chi connectivity index (χ1) is 12.7. The van der Waals surface area contributed by atoms with E-state index in [2.05, 4.69) is 15.5 Å². The van der Waals surface area contributed by atoms with Crippen LogP contribution in [-0.2, 0) is 0 Å². The van der Waals surface area contributed by atoms with Crippen LogP contribution < -0.4 is 10.6 Å². The molecule has 0 unspecified atom stereocenters. The predicted octanol–water partition coefficient (Wildman–Crippen LogP) is 4.82. The number of nitrogens with one attached hydrogen (secondary N) is 3. The van der Waals surface area contributed by atoms with Crippen molar-refractivity contribution in [3.63, 3.8) is 0 Å². The second-order valence-corrected chi connectivity index (χ2v) is 10.0. The molecule has 4 saturated carbocycles. The van der Waals surface area contributed by atoms with E-state index in [9.17, 15) is 0 Å². The molecule has 3 N–H and O–H groups in total. The smallest absolute Gasteiger partial charge is 0.188 e. The van der Waals surface area contributed by atoms with Crippen molar-refractivity contribution in [3.05, 3.63) is 0 Å². The van der Waals surface area contributed by atoms with Gasteiger partial charge in [0.05, 0.1) is 0 Å². The Balaban J connectivity index is 0.00000140. The lowest BCUT2D eigenvalue weighted by molar-refractivity contribution is -0.0578. The predicted molar refractivity (Wildman–Crippen MR) is 123 cm³/mol. The normalized spacial score (nSPS) is 33.2. The quantitative estimate of drug-likeness (QED) is 0.278. The molecular formula is C22H42Cl2N4. The van der Waals surface area contributed by atoms with Crippen molar-refractivity contribution >= 4 is 30.8 Å². The van der Waals surface area contributed by atoms with Gasteiger partial charge in [-0.25, -0.2) is 0 Å². The van der Waals surface area contributed by atoms with E-state index >= 15 is 0 Å². The maximum atomic E-state index is 8.06. The van der Waals surface area contributed by atoms with Crippen LogP contribution in [0.15, 0.2) is 0 Å². The molecule has 4 aliphatic carbocycles. The first-order valence-corrected chi connectivity index (χ1v) is 11.5. The summed E-state index contributed by atoms with van der Waals surface area (Å²) in [6.45, 7) is 5.76. The summed E-state index contributed by atoms with van der Waals surface area (Å²) >= 11 is 0. The van der Waals surface area contributed by atoms with Crippen LogP contribution in [0.5, 0.6) is 0 Å². The summed E-state index contributed by atoms with van der Waals surface area (Å²) in [7, 11) is 0. The van der Waals surface area contributed by atoms with Crippen molar-refractivity contribution in [1.29, 1.82) is 5.41 Å². The first-order valence-electron chi connectivity index (χ1n) is 11.5. The molecule has 0 aromatic heterocycles. The van der Waals surface area contributed by atoms with Gasteiger partial charge in [0.2, 0.25) is 0 Å². The molecule has 0 spiro atoms. The highest BCUT2D eigenvalue weighted by Gasteiger charge is 2.50. The van der Waals surface area contributed by atoms with Gasteiger partial charge in [-0.1, -0.05) is 0 Å². The van der Waals surface area contributed by atoms with Gasteiger partial charge in [-0.2, -0.15) is 0 Å². The zero-order valence-corrected chi connectivity index (χ0v) is 19.1. The highest BCUT2D eigenvalue weighted by Crippen LogP contribution is 2.61. The fraction of sp³-hybridized carbons (Fsp3) is 0.955. The Labute approximate surface area is 184 Å². The Morgan fingerprint density at radius 1 is 0.821 bits per heavy atom. The molecule has 0 radical (unpaired) electrons. The zero-order chi connectivity index (χ0) is 17.8. The Morgan fingerprint density at radius 2 is 1.36 bits per heavy atom. The molecule has 5 aliphatic rings. The Hall–Kier alpha value is -0.190. The van der Waals surface area contributed by atoms with Gasteiger partial charge in [-0.3, -0.25) is 5.41 Å². The number of halogens is 2. The van der Waals surface area contributed by atoms with Gasteiger partial charge < -0.3 is 15.5 Å². The van der Waals surface area contributed by atoms with Gasteiger partial charge in [-0.05, 0) is 120 Å². The number of rotatable bonds is 9. The lowest BCUT2D eigenvalue weighted by Crippen LogP contribution is -2.46. The number of nitrogens with zero attached hydrogens (tertiary/aromatic N) is 1. The van der Waals surface area contributed by atoms with Gasteiger partial charge >= 0.3 is 0 Å². The monoisotopic (exact) mass is 432 g/mol. The molecule has 0 amide bonds. The van der Waals surface area contributed by atoms with Gasteiger partial charge in [0.25, 0.3) is 0 Å². The molecule has 1 saturated heterocycles. The van der Waals surface area contributed by atoms with Crippen LogP contribution in [-0.4, -0.2) is 43.6 Å². The van der Waals surface area contributed by atoms with Gasteiger partial charge in [0.15, 0.2) is 5.96 Å². The molecule has 1 aliphatic heterocycles. The maximum absolute atomic E-state index is 8.06. The van der Waals surface area contributed by atoms with E-state index in [1.165, 1.54) is 77.4 Å². The average Bonchev–Trinajstić information content (AvgIpc) is 3.11. The molecule has 4 nitrogen and oxygen atoms in total. The van der Waals surface area contributed by atoms with Crippen molar-refractivity contribution in [2.45, 2.75) is 77.0 Å². The fourth-order valence-electron chi connectivity index (χ4n) is 7.02. The molecule has 5 fully saturated rings. The topological polar surface area (TPSA) is 51.2 Å². The summed E-state index contributed by atoms with van der Waals surface area (Å²) < 4.78 is 0. The van der Waals surface area contributed by atoms with E-state index in [0.29, 0.717) is 11.4 Å². The molecule has 4 bridgehead atoms. The summed E-state index contributed by atoms with van der Waals surface area (Å²) in [6, 6.07) is 0. The van der Waals surface area contributed by atoms with Gasteiger partial charge in [0, 0.05) is 13.1 Å². The van der Waals surface area contributed by atoms with Crippen LogP contribution in [0.25, 0.3) is 0 Å². The lowest BCUT2D eigenvalue weighted by Gasteiger charge is -2.57. The summed E-state index contributed by atoms with van der Waals surface area (Å²) in [5, 5.41) is 14.6. The molecule has 0 aromatic carbocycles. The third kappa shape index (κ3) is 6.40. The van der Waals surface area contributed by atoms with Gasteiger partial charge in [-0.15, -0.1) is 24.8 Å². The number of hydrogen-bond acceptors (Lipinski definition) is 2. The van der Waals surface area contributed by atoms with E-state index in [4.69, 9.17) is 5.41 Å². The second-order valence-electron chi connectivity index (χ2n) is 10.0. The van der Waals surface area contributed by atoms with E-state index in [1.54, 1.807) is 19.3 Å². The highest BCUT2D eigenvalue weighted by atomic mass is 35.5. The van der Waals surface area contributed by atoms with Crippen LogP contribution in [0.1, 0.15) is 77.0 Å². The summed E-state index contributed by atoms with van der Waals surface area (Å²) in [5.41, 5.74) is 0.696. The second kappa shape index (κ2) is 11.3. The van der Waals surface area contributed by atoms with Crippen molar-refractivity contribution in [2.75, 3.05) is 32.7 Å². The van der Waals surface area contributed by atoms with Crippen molar-refractivity contribution in [2.24, 2.45) is 23.2 Å². The Bertz CT molecular complexity index is 444. The molecule has 0 aromatic rings. The van der Waals surface area contributed by atoms with Crippen LogP contribution in [0.2, 0.25) is 0 Å². The minimum atomic E-state index is 0. The first kappa shape index (κ1) is 24.1. The average molecular weight is 434 g/mol. The molecule has 0 atom stereocenters.